The van der Waals surface area contributed by atoms with Crippen molar-refractivity contribution < 1.29 is 9.90 Å². The molecular weight excluding hydrogens is 322 g/mol. The van der Waals surface area contributed by atoms with Gasteiger partial charge < -0.3 is 5.11 Å². The van der Waals surface area contributed by atoms with Gasteiger partial charge in [0.2, 0.25) is 0 Å². The van der Waals surface area contributed by atoms with Crippen LogP contribution in [0.1, 0.15) is 56.1 Å². The van der Waals surface area contributed by atoms with Crippen LogP contribution in [-0.4, -0.2) is 15.9 Å². The number of ketones is 1. The molecule has 3 nitrogen and oxygen atoms in total. The van der Waals surface area contributed by atoms with Crippen molar-refractivity contribution in [1.82, 2.24) is 4.98 Å². The minimum absolute atomic E-state index is 0.0816. The average molecular weight is 347 g/mol. The van der Waals surface area contributed by atoms with Crippen molar-refractivity contribution in [2.24, 2.45) is 17.3 Å². The Hall–Kier alpha value is -2.16. The second-order valence-corrected chi connectivity index (χ2v) is 8.64. The largest absolute Gasteiger partial charge is 0.507 e. The topological polar surface area (TPSA) is 50.2 Å². The summed E-state index contributed by atoms with van der Waals surface area (Å²) in [5, 5.41) is 10.6. The van der Waals surface area contributed by atoms with Gasteiger partial charge in [0.1, 0.15) is 11.5 Å². The summed E-state index contributed by atoms with van der Waals surface area (Å²) in [5.74, 6) is 2.52. The van der Waals surface area contributed by atoms with Crippen molar-refractivity contribution in [3.63, 3.8) is 0 Å². The molecule has 2 aromatic rings. The molecule has 134 valence electrons. The molecule has 1 aromatic heterocycles. The SMILES string of the molecule is C[C@]12CC[C@@H]3c4cc(-c5cccnc5)c(O)cc4CC[C@H]3[C@@H]1CCC2=O. The highest BCUT2D eigenvalue weighted by molar-refractivity contribution is 5.87. The van der Waals surface area contributed by atoms with E-state index >= 15 is 0 Å². The first-order chi connectivity index (χ1) is 12.6. The van der Waals surface area contributed by atoms with Crippen LogP contribution in [0.25, 0.3) is 11.1 Å². The Kier molecular flexibility index (Phi) is 3.50. The zero-order valence-electron chi connectivity index (χ0n) is 15.2. The van der Waals surface area contributed by atoms with Crippen LogP contribution in [0, 0.1) is 17.3 Å². The number of rotatable bonds is 1. The van der Waals surface area contributed by atoms with Crippen LogP contribution in [0.4, 0.5) is 0 Å². The summed E-state index contributed by atoms with van der Waals surface area (Å²) in [6, 6.07) is 8.09. The van der Waals surface area contributed by atoms with E-state index in [9.17, 15) is 9.90 Å². The molecule has 5 rings (SSSR count). The highest BCUT2D eigenvalue weighted by Crippen LogP contribution is 2.60. The van der Waals surface area contributed by atoms with Gasteiger partial charge in [-0.05, 0) is 79.2 Å². The molecule has 1 aromatic carbocycles. The van der Waals surface area contributed by atoms with Crippen LogP contribution >= 0.6 is 0 Å². The number of aryl methyl sites for hydroxylation is 1. The third-order valence-corrected chi connectivity index (χ3v) is 7.52. The fourth-order valence-corrected chi connectivity index (χ4v) is 6.13. The number of Topliss-reactive ketones (excluding diaryl/α,β-unsaturated/α-hetero) is 1. The first-order valence-electron chi connectivity index (χ1n) is 9.87. The van der Waals surface area contributed by atoms with Crippen LogP contribution in [0.15, 0.2) is 36.7 Å². The molecule has 1 heterocycles. The average Bonchev–Trinajstić information content (AvgIpc) is 2.96. The summed E-state index contributed by atoms with van der Waals surface area (Å²) in [4.78, 5) is 16.7. The molecule has 2 saturated carbocycles. The predicted octanol–water partition coefficient (Wildman–Crippen LogP) is 4.88. The van der Waals surface area contributed by atoms with Gasteiger partial charge in [-0.15, -0.1) is 0 Å². The molecule has 0 aliphatic heterocycles. The normalized spacial score (nSPS) is 32.7. The molecule has 4 atom stereocenters. The molecule has 0 amide bonds. The number of aromatic nitrogens is 1. The summed E-state index contributed by atoms with van der Waals surface area (Å²) >= 11 is 0. The lowest BCUT2D eigenvalue weighted by molar-refractivity contribution is -0.129. The molecule has 0 saturated heterocycles. The van der Waals surface area contributed by atoms with E-state index in [1.54, 1.807) is 6.20 Å². The lowest BCUT2D eigenvalue weighted by atomic mass is 9.55. The van der Waals surface area contributed by atoms with Gasteiger partial charge in [0.05, 0.1) is 0 Å². The highest BCUT2D eigenvalue weighted by Gasteiger charge is 2.54. The first kappa shape index (κ1) is 16.0. The van der Waals surface area contributed by atoms with Gasteiger partial charge in [0.25, 0.3) is 0 Å². The third kappa shape index (κ3) is 2.19. The summed E-state index contributed by atoms with van der Waals surface area (Å²) in [6.45, 7) is 2.22. The Morgan fingerprint density at radius 1 is 1.19 bits per heavy atom. The second-order valence-electron chi connectivity index (χ2n) is 8.64. The monoisotopic (exact) mass is 347 g/mol. The predicted molar refractivity (Wildman–Crippen MR) is 101 cm³/mol. The molecule has 1 N–H and O–H groups in total. The number of phenolic OH excluding ortho intramolecular Hbond substituents is 1. The number of nitrogens with zero attached hydrogens (tertiary/aromatic N) is 1. The Labute approximate surface area is 154 Å². The van der Waals surface area contributed by atoms with Crippen molar-refractivity contribution in [3.05, 3.63) is 47.8 Å². The lowest BCUT2D eigenvalue weighted by Gasteiger charge is -2.48. The molecule has 3 aliphatic carbocycles. The fraction of sp³-hybridized carbons (Fsp3) is 0.478. The highest BCUT2D eigenvalue weighted by atomic mass is 16.3. The number of pyridine rings is 1. The van der Waals surface area contributed by atoms with E-state index in [0.29, 0.717) is 29.3 Å². The Morgan fingerprint density at radius 2 is 2.08 bits per heavy atom. The van der Waals surface area contributed by atoms with Gasteiger partial charge in [-0.2, -0.15) is 0 Å². The molecule has 26 heavy (non-hydrogen) atoms. The number of phenols is 1. The number of fused-ring (bicyclic) bond motifs is 5. The van der Waals surface area contributed by atoms with E-state index in [0.717, 1.165) is 49.7 Å². The van der Waals surface area contributed by atoms with Crippen LogP contribution in [0.5, 0.6) is 5.75 Å². The van der Waals surface area contributed by atoms with Crippen molar-refractivity contribution in [2.75, 3.05) is 0 Å². The summed E-state index contributed by atoms with van der Waals surface area (Å²) in [7, 11) is 0. The number of carbonyl (C=O) groups is 1. The number of aromatic hydroxyl groups is 1. The maximum absolute atomic E-state index is 12.5. The molecule has 2 fully saturated rings. The molecule has 0 radical (unpaired) electrons. The minimum atomic E-state index is -0.0816. The third-order valence-electron chi connectivity index (χ3n) is 7.52. The van der Waals surface area contributed by atoms with E-state index in [1.807, 2.05) is 24.4 Å². The lowest BCUT2D eigenvalue weighted by Crippen LogP contribution is -2.42. The van der Waals surface area contributed by atoms with Gasteiger partial charge >= 0.3 is 0 Å². The summed E-state index contributed by atoms with van der Waals surface area (Å²) in [5.41, 5.74) is 4.46. The van der Waals surface area contributed by atoms with Gasteiger partial charge in [-0.1, -0.05) is 13.0 Å². The van der Waals surface area contributed by atoms with Gasteiger partial charge in [0.15, 0.2) is 0 Å². The van der Waals surface area contributed by atoms with Crippen molar-refractivity contribution in [1.29, 1.82) is 0 Å². The fourth-order valence-electron chi connectivity index (χ4n) is 6.13. The zero-order chi connectivity index (χ0) is 17.9. The first-order valence-corrected chi connectivity index (χ1v) is 9.87. The molecule has 0 spiro atoms. The van der Waals surface area contributed by atoms with E-state index in [4.69, 9.17) is 0 Å². The number of carbonyl (C=O) groups excluding carboxylic acids is 1. The van der Waals surface area contributed by atoms with E-state index in [2.05, 4.69) is 18.0 Å². The Bertz CT molecular complexity index is 875. The molecular formula is C23H25NO2. The summed E-state index contributed by atoms with van der Waals surface area (Å²) < 4.78 is 0. The van der Waals surface area contributed by atoms with E-state index in [1.165, 1.54) is 11.1 Å². The van der Waals surface area contributed by atoms with Crippen LogP contribution < -0.4 is 0 Å². The number of hydrogen-bond acceptors (Lipinski definition) is 3. The smallest absolute Gasteiger partial charge is 0.139 e. The second kappa shape index (κ2) is 5.67. The maximum Gasteiger partial charge on any atom is 0.139 e. The van der Waals surface area contributed by atoms with Gasteiger partial charge in [-0.3, -0.25) is 9.78 Å². The Morgan fingerprint density at radius 3 is 2.88 bits per heavy atom. The Balaban J connectivity index is 1.57. The van der Waals surface area contributed by atoms with Crippen LogP contribution in [0.2, 0.25) is 0 Å². The van der Waals surface area contributed by atoms with E-state index < -0.39 is 0 Å². The zero-order valence-corrected chi connectivity index (χ0v) is 15.2. The quantitative estimate of drug-likeness (QED) is 0.800. The van der Waals surface area contributed by atoms with Gasteiger partial charge in [0, 0.05) is 35.4 Å². The molecule has 0 bridgehead atoms. The standard InChI is InChI=1S/C23H25NO2/c1-23-9-8-16-17(20(23)6-7-22(23)26)5-4-14-11-21(25)19(12-18(14)16)15-3-2-10-24-13-15/h2-3,10-13,16-17,20,25H,4-9H2,1H3/t16-,17+,20-,23-/m0/s1. The minimum Gasteiger partial charge on any atom is -0.507 e. The molecule has 0 unspecified atom stereocenters. The van der Waals surface area contributed by atoms with Gasteiger partial charge in [-0.25, -0.2) is 0 Å². The van der Waals surface area contributed by atoms with Crippen LogP contribution in [0.3, 0.4) is 0 Å². The van der Waals surface area contributed by atoms with Crippen molar-refractivity contribution in [3.8, 4) is 16.9 Å². The molecule has 3 heteroatoms. The van der Waals surface area contributed by atoms with Crippen molar-refractivity contribution in [2.45, 2.75) is 51.4 Å². The number of hydrogen-bond donors (Lipinski definition) is 1. The van der Waals surface area contributed by atoms with E-state index in [-0.39, 0.29) is 5.41 Å². The van der Waals surface area contributed by atoms with Crippen LogP contribution in [-0.2, 0) is 11.2 Å². The maximum atomic E-state index is 12.5. The number of benzene rings is 1. The molecule has 3 aliphatic rings. The summed E-state index contributed by atoms with van der Waals surface area (Å²) in [6.07, 6.45) is 9.68. The van der Waals surface area contributed by atoms with Crippen molar-refractivity contribution >= 4 is 5.78 Å².